The summed E-state index contributed by atoms with van der Waals surface area (Å²) in [6.07, 6.45) is -4.10. The minimum absolute atomic E-state index is 0.0933. The van der Waals surface area contributed by atoms with Gasteiger partial charge < -0.3 is 10.2 Å². The van der Waals surface area contributed by atoms with E-state index in [-0.39, 0.29) is 29.2 Å². The summed E-state index contributed by atoms with van der Waals surface area (Å²) in [4.78, 5) is 27.2. The van der Waals surface area contributed by atoms with Gasteiger partial charge in [0.05, 0.1) is 22.9 Å². The first kappa shape index (κ1) is 23.6. The molecule has 1 saturated heterocycles. The van der Waals surface area contributed by atoms with Crippen LogP contribution in [0.3, 0.4) is 0 Å². The topological polar surface area (TPSA) is 76.4 Å². The van der Waals surface area contributed by atoms with Crippen LogP contribution in [0.2, 0.25) is 0 Å². The molecule has 12 heteroatoms. The maximum Gasteiger partial charge on any atom is 0.420 e. The summed E-state index contributed by atoms with van der Waals surface area (Å²) in [5, 5.41) is 10.9. The summed E-state index contributed by atoms with van der Waals surface area (Å²) < 4.78 is 70.2. The highest BCUT2D eigenvalue weighted by Crippen LogP contribution is 2.49. The van der Waals surface area contributed by atoms with E-state index in [0.29, 0.717) is 11.3 Å². The van der Waals surface area contributed by atoms with Crippen LogP contribution in [0.15, 0.2) is 30.3 Å². The number of hydrogen-bond acceptors (Lipinski definition) is 4. The highest BCUT2D eigenvalue weighted by Gasteiger charge is 2.60. The van der Waals surface area contributed by atoms with E-state index in [9.17, 15) is 27.2 Å². The van der Waals surface area contributed by atoms with Gasteiger partial charge in [0.2, 0.25) is 0 Å². The fourth-order valence-electron chi connectivity index (χ4n) is 4.26. The van der Waals surface area contributed by atoms with E-state index in [2.05, 4.69) is 5.32 Å². The van der Waals surface area contributed by atoms with Crippen molar-refractivity contribution in [3.8, 4) is 6.07 Å². The quantitative estimate of drug-likeness (QED) is 0.510. The molecule has 6 nitrogen and oxygen atoms in total. The lowest BCUT2D eigenvalue weighted by Gasteiger charge is -2.43. The van der Waals surface area contributed by atoms with Crippen molar-refractivity contribution in [3.63, 3.8) is 0 Å². The van der Waals surface area contributed by atoms with Gasteiger partial charge in [-0.3, -0.25) is 14.5 Å². The molecule has 1 heterocycles. The van der Waals surface area contributed by atoms with Crippen molar-refractivity contribution in [2.45, 2.75) is 31.0 Å². The molecule has 1 saturated carbocycles. The number of anilines is 2. The van der Waals surface area contributed by atoms with Crippen LogP contribution in [0.1, 0.15) is 40.7 Å². The zero-order chi connectivity index (χ0) is 25.0. The molecular formula is C22H15F5N4O2S. The molecular weight excluding hydrogens is 479 g/mol. The molecule has 34 heavy (non-hydrogen) atoms. The predicted molar refractivity (Wildman–Crippen MR) is 115 cm³/mol. The fraction of sp³-hybridized carbons (Fsp3) is 0.273. The van der Waals surface area contributed by atoms with E-state index < -0.39 is 52.0 Å². The van der Waals surface area contributed by atoms with Gasteiger partial charge in [-0.2, -0.15) is 18.4 Å². The monoisotopic (exact) mass is 494 g/mol. The maximum absolute atomic E-state index is 15.1. The van der Waals surface area contributed by atoms with Crippen molar-refractivity contribution >= 4 is 40.5 Å². The van der Waals surface area contributed by atoms with Crippen molar-refractivity contribution < 1.29 is 31.5 Å². The van der Waals surface area contributed by atoms with Gasteiger partial charge in [-0.25, -0.2) is 8.78 Å². The van der Waals surface area contributed by atoms with E-state index in [1.54, 1.807) is 0 Å². The molecule has 0 atom stereocenters. The number of carbonyl (C=O) groups excluding carboxylic acids is 2. The van der Waals surface area contributed by atoms with Crippen LogP contribution < -0.4 is 15.1 Å². The highest BCUT2D eigenvalue weighted by molar-refractivity contribution is 7.81. The third kappa shape index (κ3) is 3.30. The number of amides is 2. The van der Waals surface area contributed by atoms with Crippen LogP contribution in [0.4, 0.5) is 33.3 Å². The Kier molecular flexibility index (Phi) is 5.56. The Bertz CT molecular complexity index is 1280. The molecule has 2 aromatic carbocycles. The zero-order valence-electron chi connectivity index (χ0n) is 17.5. The molecule has 1 spiro atoms. The normalized spacial score (nSPS) is 17.1. The van der Waals surface area contributed by atoms with Gasteiger partial charge in [0.1, 0.15) is 16.9 Å². The summed E-state index contributed by atoms with van der Waals surface area (Å²) in [6.45, 7) is 0. The highest BCUT2D eigenvalue weighted by atomic mass is 32.1. The molecule has 1 N–H and O–H groups in total. The Morgan fingerprint density at radius 3 is 2.38 bits per heavy atom. The second-order valence-electron chi connectivity index (χ2n) is 7.82. The number of nitrogens with one attached hydrogen (secondary N) is 1. The molecule has 0 radical (unpaired) electrons. The van der Waals surface area contributed by atoms with Gasteiger partial charge in [0.25, 0.3) is 11.8 Å². The fourth-order valence-corrected chi connectivity index (χ4v) is 4.72. The van der Waals surface area contributed by atoms with Gasteiger partial charge in [-0.15, -0.1) is 0 Å². The lowest BCUT2D eigenvalue weighted by molar-refractivity contribution is -0.140. The standard InChI is InChI=1S/C22H15F5N4O2S/c1-29-18(32)13-5-4-12(9-14(13)23)31-20(34)30(19(33)21(31)7-2-8-21)15-6-3-11(10-28)16(17(15)24)22(25,26)27/h3-6,9H,2,7-8H2,1H3,(H,29,32). The molecule has 1 aliphatic carbocycles. The zero-order valence-corrected chi connectivity index (χ0v) is 18.3. The van der Waals surface area contributed by atoms with Crippen LogP contribution in [0.25, 0.3) is 0 Å². The van der Waals surface area contributed by atoms with Crippen LogP contribution >= 0.6 is 12.2 Å². The molecule has 0 aromatic heterocycles. The smallest absolute Gasteiger partial charge is 0.355 e. The first-order valence-electron chi connectivity index (χ1n) is 9.98. The average Bonchev–Trinajstić information content (AvgIpc) is 2.98. The number of nitriles is 1. The Hall–Kier alpha value is -3.59. The lowest BCUT2D eigenvalue weighted by atomic mass is 9.75. The number of halogens is 5. The number of thiocarbonyl (C=S) groups is 1. The maximum atomic E-state index is 15.1. The Balaban J connectivity index is 1.85. The summed E-state index contributed by atoms with van der Waals surface area (Å²) in [5.74, 6) is -4.14. The number of carbonyl (C=O) groups is 2. The first-order chi connectivity index (χ1) is 16.0. The average molecular weight is 494 g/mol. The van der Waals surface area contributed by atoms with Gasteiger partial charge in [-0.1, -0.05) is 0 Å². The summed E-state index contributed by atoms with van der Waals surface area (Å²) in [6, 6.07) is 6.49. The molecule has 2 fully saturated rings. The van der Waals surface area contributed by atoms with Crippen molar-refractivity contribution in [3.05, 3.63) is 58.7 Å². The minimum Gasteiger partial charge on any atom is -0.355 e. The molecule has 176 valence electrons. The largest absolute Gasteiger partial charge is 0.420 e. The van der Waals surface area contributed by atoms with Gasteiger partial charge in [0.15, 0.2) is 10.9 Å². The third-order valence-corrected chi connectivity index (χ3v) is 6.41. The van der Waals surface area contributed by atoms with Crippen LogP contribution in [-0.4, -0.2) is 29.5 Å². The van der Waals surface area contributed by atoms with Gasteiger partial charge in [-0.05, 0) is 61.8 Å². The molecule has 0 bridgehead atoms. The van der Waals surface area contributed by atoms with E-state index >= 15 is 4.39 Å². The van der Waals surface area contributed by atoms with Gasteiger partial charge in [0, 0.05) is 12.7 Å². The SMILES string of the molecule is CNC(=O)c1ccc(N2C(=S)N(c3ccc(C#N)c(C(F)(F)F)c3F)C(=O)C23CCC3)cc1F. The van der Waals surface area contributed by atoms with Crippen LogP contribution in [0.5, 0.6) is 0 Å². The number of benzene rings is 2. The summed E-state index contributed by atoms with van der Waals surface area (Å²) in [5.41, 5.74) is -4.97. The van der Waals surface area contributed by atoms with Crippen LogP contribution in [-0.2, 0) is 11.0 Å². The van der Waals surface area contributed by atoms with E-state index in [0.717, 1.165) is 18.2 Å². The molecule has 1 aliphatic heterocycles. The molecule has 2 amide bonds. The van der Waals surface area contributed by atoms with Crippen molar-refractivity contribution in [1.29, 1.82) is 5.26 Å². The third-order valence-electron chi connectivity index (χ3n) is 6.04. The molecule has 2 aliphatic rings. The second-order valence-corrected chi connectivity index (χ2v) is 8.18. The van der Waals surface area contributed by atoms with E-state index in [4.69, 9.17) is 17.5 Å². The number of alkyl halides is 3. The summed E-state index contributed by atoms with van der Waals surface area (Å²) in [7, 11) is 1.33. The Morgan fingerprint density at radius 1 is 1.21 bits per heavy atom. The number of hydrogen-bond donors (Lipinski definition) is 1. The van der Waals surface area contributed by atoms with E-state index in [1.807, 2.05) is 0 Å². The Labute approximate surface area is 195 Å². The van der Waals surface area contributed by atoms with Crippen molar-refractivity contribution in [2.24, 2.45) is 0 Å². The molecule has 2 aromatic rings. The predicted octanol–water partition coefficient (Wildman–Crippen LogP) is 4.28. The van der Waals surface area contributed by atoms with Gasteiger partial charge >= 0.3 is 6.18 Å². The molecule has 0 unspecified atom stereocenters. The van der Waals surface area contributed by atoms with Crippen molar-refractivity contribution in [2.75, 3.05) is 16.8 Å². The van der Waals surface area contributed by atoms with Crippen molar-refractivity contribution in [1.82, 2.24) is 5.32 Å². The molecule has 4 rings (SSSR count). The van der Waals surface area contributed by atoms with E-state index in [1.165, 1.54) is 30.1 Å². The second kappa shape index (κ2) is 8.02. The summed E-state index contributed by atoms with van der Waals surface area (Å²) >= 11 is 5.38. The number of rotatable bonds is 3. The Morgan fingerprint density at radius 2 is 1.88 bits per heavy atom. The number of nitrogens with zero attached hydrogens (tertiary/aromatic N) is 3. The lowest BCUT2D eigenvalue weighted by Crippen LogP contribution is -2.55. The van der Waals surface area contributed by atoms with Crippen LogP contribution in [0, 0.1) is 23.0 Å². The first-order valence-corrected chi connectivity index (χ1v) is 10.4. The minimum atomic E-state index is -5.19.